The molecule has 1 aliphatic rings. The molecular formula is C15H15N3OS. The van der Waals surface area contributed by atoms with Crippen LogP contribution in [0.1, 0.15) is 24.2 Å². The number of anilines is 1. The van der Waals surface area contributed by atoms with Crippen LogP contribution in [-0.4, -0.2) is 24.2 Å². The van der Waals surface area contributed by atoms with Crippen LogP contribution >= 0.6 is 11.3 Å². The summed E-state index contributed by atoms with van der Waals surface area (Å²) in [6.45, 7) is 3.69. The molecule has 2 aromatic heterocycles. The lowest BCUT2D eigenvalue weighted by atomic mass is 10.1. The van der Waals surface area contributed by atoms with Crippen molar-refractivity contribution < 1.29 is 4.74 Å². The Kier molecular flexibility index (Phi) is 3.68. The zero-order valence-electron chi connectivity index (χ0n) is 11.2. The first-order chi connectivity index (χ1) is 9.76. The van der Waals surface area contributed by atoms with Gasteiger partial charge in [0.15, 0.2) is 0 Å². The van der Waals surface area contributed by atoms with E-state index in [0.29, 0.717) is 5.56 Å². The molecule has 0 aromatic carbocycles. The maximum Gasteiger partial charge on any atom is 0.128 e. The summed E-state index contributed by atoms with van der Waals surface area (Å²) in [7, 11) is 0. The third kappa shape index (κ3) is 2.67. The minimum absolute atomic E-state index is 0.0856. The van der Waals surface area contributed by atoms with E-state index in [2.05, 4.69) is 39.7 Å². The second kappa shape index (κ2) is 5.61. The van der Waals surface area contributed by atoms with Crippen molar-refractivity contribution in [2.45, 2.75) is 19.1 Å². The maximum absolute atomic E-state index is 8.83. The molecule has 2 aromatic rings. The summed E-state index contributed by atoms with van der Waals surface area (Å²) in [4.78, 5) is 6.59. The highest BCUT2D eigenvalue weighted by molar-refractivity contribution is 7.07. The average Bonchev–Trinajstić information content (AvgIpc) is 3.01. The minimum Gasteiger partial charge on any atom is -0.367 e. The lowest BCUT2D eigenvalue weighted by Crippen LogP contribution is -2.43. The third-order valence-corrected chi connectivity index (χ3v) is 4.08. The second-order valence-corrected chi connectivity index (χ2v) is 5.69. The molecule has 3 rings (SSSR count). The molecule has 0 amide bonds. The zero-order valence-corrected chi connectivity index (χ0v) is 12.0. The summed E-state index contributed by atoms with van der Waals surface area (Å²) in [6, 6.07) is 7.91. The van der Waals surface area contributed by atoms with Gasteiger partial charge in [-0.2, -0.15) is 16.6 Å². The molecule has 1 saturated heterocycles. The fourth-order valence-corrected chi connectivity index (χ4v) is 3.12. The van der Waals surface area contributed by atoms with Gasteiger partial charge in [0.25, 0.3) is 0 Å². The van der Waals surface area contributed by atoms with E-state index >= 15 is 0 Å². The molecule has 4 nitrogen and oxygen atoms in total. The molecule has 0 radical (unpaired) electrons. The van der Waals surface area contributed by atoms with Crippen LogP contribution in [0.5, 0.6) is 0 Å². The molecular weight excluding hydrogens is 270 g/mol. The number of ether oxygens (including phenoxy) is 1. The Morgan fingerprint density at radius 2 is 2.30 bits per heavy atom. The predicted molar refractivity (Wildman–Crippen MR) is 78.8 cm³/mol. The number of thiophene rings is 1. The molecule has 0 spiro atoms. The van der Waals surface area contributed by atoms with Crippen molar-refractivity contribution in [1.29, 1.82) is 5.26 Å². The van der Waals surface area contributed by atoms with Gasteiger partial charge in [-0.3, -0.25) is 0 Å². The van der Waals surface area contributed by atoms with Crippen molar-refractivity contribution in [2.75, 3.05) is 18.0 Å². The van der Waals surface area contributed by atoms with Gasteiger partial charge in [-0.25, -0.2) is 4.98 Å². The van der Waals surface area contributed by atoms with E-state index in [-0.39, 0.29) is 12.2 Å². The van der Waals surface area contributed by atoms with Gasteiger partial charge in [-0.05, 0) is 41.4 Å². The number of hydrogen-bond acceptors (Lipinski definition) is 5. The normalized spacial score (nSPS) is 22.5. The zero-order chi connectivity index (χ0) is 13.9. The highest BCUT2D eigenvalue weighted by Gasteiger charge is 2.27. The van der Waals surface area contributed by atoms with Gasteiger partial charge in [-0.1, -0.05) is 0 Å². The van der Waals surface area contributed by atoms with Gasteiger partial charge in [0.05, 0.1) is 11.7 Å². The van der Waals surface area contributed by atoms with Crippen LogP contribution in [0.4, 0.5) is 5.82 Å². The van der Waals surface area contributed by atoms with Crippen LogP contribution in [0, 0.1) is 11.3 Å². The summed E-state index contributed by atoms with van der Waals surface area (Å²) in [5, 5.41) is 13.0. The van der Waals surface area contributed by atoms with Crippen LogP contribution in [-0.2, 0) is 4.74 Å². The Balaban J connectivity index is 1.80. The fraction of sp³-hybridized carbons (Fsp3) is 0.333. The Hall–Kier alpha value is -1.90. The van der Waals surface area contributed by atoms with Crippen LogP contribution < -0.4 is 4.90 Å². The largest absolute Gasteiger partial charge is 0.367 e. The molecule has 0 bridgehead atoms. The van der Waals surface area contributed by atoms with Gasteiger partial charge in [-0.15, -0.1) is 0 Å². The predicted octanol–water partition coefficient (Wildman–Crippen LogP) is 2.98. The van der Waals surface area contributed by atoms with Crippen LogP contribution in [0.15, 0.2) is 35.2 Å². The van der Waals surface area contributed by atoms with E-state index in [1.54, 1.807) is 17.5 Å². The lowest BCUT2D eigenvalue weighted by molar-refractivity contribution is -0.0174. The molecule has 0 N–H and O–H groups in total. The molecule has 3 heterocycles. The lowest BCUT2D eigenvalue weighted by Gasteiger charge is -2.37. The van der Waals surface area contributed by atoms with E-state index in [0.717, 1.165) is 18.9 Å². The monoisotopic (exact) mass is 285 g/mol. The first-order valence-electron chi connectivity index (χ1n) is 6.55. The van der Waals surface area contributed by atoms with Gasteiger partial charge >= 0.3 is 0 Å². The Morgan fingerprint density at radius 1 is 1.40 bits per heavy atom. The molecule has 0 unspecified atom stereocenters. The number of nitriles is 1. The number of morpholine rings is 1. The third-order valence-electron chi connectivity index (χ3n) is 3.38. The molecule has 102 valence electrons. The quantitative estimate of drug-likeness (QED) is 0.851. The summed E-state index contributed by atoms with van der Waals surface area (Å²) < 4.78 is 6.01. The van der Waals surface area contributed by atoms with E-state index in [1.165, 1.54) is 5.56 Å². The molecule has 0 saturated carbocycles. The topological polar surface area (TPSA) is 49.2 Å². The Labute approximate surface area is 122 Å². The highest BCUT2D eigenvalue weighted by Crippen LogP contribution is 2.28. The number of aromatic nitrogens is 1. The summed E-state index contributed by atoms with van der Waals surface area (Å²) in [5.74, 6) is 0.902. The van der Waals surface area contributed by atoms with Crippen molar-refractivity contribution >= 4 is 17.2 Å². The highest BCUT2D eigenvalue weighted by atomic mass is 32.1. The SMILES string of the molecule is C[C@H]1CN(c2ccc(C#N)cn2)C[C@@H](c2ccsc2)O1. The van der Waals surface area contributed by atoms with Gasteiger partial charge < -0.3 is 9.64 Å². The molecule has 1 fully saturated rings. The second-order valence-electron chi connectivity index (χ2n) is 4.91. The molecule has 1 aliphatic heterocycles. The summed E-state index contributed by atoms with van der Waals surface area (Å²) >= 11 is 1.69. The minimum atomic E-state index is 0.0856. The van der Waals surface area contributed by atoms with E-state index in [4.69, 9.17) is 10.00 Å². The van der Waals surface area contributed by atoms with Gasteiger partial charge in [0.1, 0.15) is 18.0 Å². The summed E-state index contributed by atoms with van der Waals surface area (Å²) in [5.41, 5.74) is 1.81. The average molecular weight is 285 g/mol. The van der Waals surface area contributed by atoms with Gasteiger partial charge in [0.2, 0.25) is 0 Å². The van der Waals surface area contributed by atoms with Crippen molar-refractivity contribution in [1.82, 2.24) is 4.98 Å². The number of rotatable bonds is 2. The molecule has 20 heavy (non-hydrogen) atoms. The van der Waals surface area contributed by atoms with Crippen molar-refractivity contribution in [3.05, 3.63) is 46.3 Å². The van der Waals surface area contributed by atoms with Crippen molar-refractivity contribution in [3.63, 3.8) is 0 Å². The van der Waals surface area contributed by atoms with Crippen LogP contribution in [0.3, 0.4) is 0 Å². The number of hydrogen-bond donors (Lipinski definition) is 0. The van der Waals surface area contributed by atoms with Gasteiger partial charge in [0, 0.05) is 19.3 Å². The number of pyridine rings is 1. The molecule has 0 aliphatic carbocycles. The fourth-order valence-electron chi connectivity index (χ4n) is 2.42. The van der Waals surface area contributed by atoms with E-state index in [1.807, 2.05) is 12.1 Å². The van der Waals surface area contributed by atoms with E-state index < -0.39 is 0 Å². The Morgan fingerprint density at radius 3 is 2.95 bits per heavy atom. The first kappa shape index (κ1) is 13.1. The first-order valence-corrected chi connectivity index (χ1v) is 7.49. The van der Waals surface area contributed by atoms with Crippen LogP contribution in [0.25, 0.3) is 0 Å². The van der Waals surface area contributed by atoms with Crippen LogP contribution in [0.2, 0.25) is 0 Å². The molecule has 5 heteroatoms. The van der Waals surface area contributed by atoms with Crippen molar-refractivity contribution in [2.24, 2.45) is 0 Å². The molecule has 2 atom stereocenters. The summed E-state index contributed by atoms with van der Waals surface area (Å²) in [6.07, 6.45) is 1.86. The maximum atomic E-state index is 8.83. The standard InChI is InChI=1S/C15H15N3OS/c1-11-8-18(15-3-2-12(6-16)7-17-15)9-14(19-11)13-4-5-20-10-13/h2-5,7,10-11,14H,8-9H2,1H3/t11-,14-/m0/s1. The smallest absolute Gasteiger partial charge is 0.128 e. The van der Waals surface area contributed by atoms with E-state index in [9.17, 15) is 0 Å². The number of nitrogens with zero attached hydrogens (tertiary/aromatic N) is 3. The Bertz CT molecular complexity index is 603. The van der Waals surface area contributed by atoms with Crippen molar-refractivity contribution in [3.8, 4) is 6.07 Å².